The van der Waals surface area contributed by atoms with Crippen LogP contribution in [0.15, 0.2) is 12.1 Å². The van der Waals surface area contributed by atoms with Gasteiger partial charge in [0.15, 0.2) is 0 Å². The summed E-state index contributed by atoms with van der Waals surface area (Å²) in [5.74, 6) is 1.28. The van der Waals surface area contributed by atoms with Crippen LogP contribution in [0.4, 0.5) is 0 Å². The lowest BCUT2D eigenvalue weighted by Crippen LogP contribution is -2.33. The molecule has 1 heteroatoms. The largest absolute Gasteiger partial charge is 0.385 e. The van der Waals surface area contributed by atoms with Gasteiger partial charge in [0.25, 0.3) is 0 Å². The zero-order valence-electron chi connectivity index (χ0n) is 11.1. The van der Waals surface area contributed by atoms with Crippen LogP contribution in [-0.4, -0.2) is 5.11 Å². The van der Waals surface area contributed by atoms with E-state index in [-0.39, 0.29) is 0 Å². The molecule has 0 saturated heterocycles. The van der Waals surface area contributed by atoms with Crippen LogP contribution >= 0.6 is 0 Å². The van der Waals surface area contributed by atoms with Gasteiger partial charge in [-0.05, 0) is 80.5 Å². The zero-order valence-corrected chi connectivity index (χ0v) is 11.1. The van der Waals surface area contributed by atoms with E-state index in [1.165, 1.54) is 41.5 Å². The zero-order chi connectivity index (χ0) is 12.2. The Morgan fingerprint density at radius 3 is 2.35 bits per heavy atom. The van der Waals surface area contributed by atoms with E-state index in [9.17, 15) is 5.11 Å². The maximum absolute atomic E-state index is 11.0. The summed E-state index contributed by atoms with van der Waals surface area (Å²) >= 11 is 0. The number of aliphatic hydroxyl groups is 1. The highest BCUT2D eigenvalue weighted by molar-refractivity contribution is 5.41. The first-order chi connectivity index (χ1) is 8.00. The van der Waals surface area contributed by atoms with Crippen molar-refractivity contribution in [3.05, 3.63) is 34.4 Å². The van der Waals surface area contributed by atoms with Gasteiger partial charge in [0.1, 0.15) is 0 Å². The molecular weight excluding hydrogens is 208 g/mol. The van der Waals surface area contributed by atoms with Crippen LogP contribution in [0.3, 0.4) is 0 Å². The number of rotatable bonds is 1. The lowest BCUT2D eigenvalue weighted by Gasteiger charge is -2.34. The average molecular weight is 230 g/mol. The molecule has 17 heavy (non-hydrogen) atoms. The molecule has 1 nitrogen and oxygen atoms in total. The van der Waals surface area contributed by atoms with Gasteiger partial charge in [0.2, 0.25) is 0 Å². The summed E-state index contributed by atoms with van der Waals surface area (Å²) in [7, 11) is 0. The predicted octanol–water partition coefficient (Wildman–Crippen LogP) is 3.62. The molecule has 0 heterocycles. The van der Waals surface area contributed by atoms with Crippen molar-refractivity contribution in [2.24, 2.45) is 11.8 Å². The average Bonchev–Trinajstić information content (AvgIpc) is 2.83. The van der Waals surface area contributed by atoms with Crippen LogP contribution in [0.5, 0.6) is 0 Å². The Hall–Kier alpha value is -0.820. The number of benzene rings is 1. The fourth-order valence-electron chi connectivity index (χ4n) is 4.06. The van der Waals surface area contributed by atoms with E-state index in [0.29, 0.717) is 5.92 Å². The molecule has 3 unspecified atom stereocenters. The van der Waals surface area contributed by atoms with Crippen molar-refractivity contribution in [1.82, 2.24) is 0 Å². The van der Waals surface area contributed by atoms with Crippen LogP contribution < -0.4 is 0 Å². The smallest absolute Gasteiger partial charge is 0.0929 e. The summed E-state index contributed by atoms with van der Waals surface area (Å²) < 4.78 is 0. The van der Waals surface area contributed by atoms with Crippen molar-refractivity contribution in [2.45, 2.75) is 52.1 Å². The summed E-state index contributed by atoms with van der Waals surface area (Å²) in [4.78, 5) is 0. The maximum Gasteiger partial charge on any atom is 0.0929 e. The number of fused-ring (bicyclic) bond motifs is 2. The van der Waals surface area contributed by atoms with Crippen molar-refractivity contribution < 1.29 is 5.11 Å². The van der Waals surface area contributed by atoms with Crippen molar-refractivity contribution in [2.75, 3.05) is 0 Å². The Balaban J connectivity index is 2.07. The monoisotopic (exact) mass is 230 g/mol. The molecule has 1 N–H and O–H groups in total. The van der Waals surface area contributed by atoms with Crippen molar-refractivity contribution in [3.8, 4) is 0 Å². The van der Waals surface area contributed by atoms with Gasteiger partial charge < -0.3 is 5.11 Å². The molecule has 2 saturated carbocycles. The molecule has 2 fully saturated rings. The minimum atomic E-state index is -0.522. The molecule has 0 radical (unpaired) electrons. The highest BCUT2D eigenvalue weighted by atomic mass is 16.3. The molecule has 2 bridgehead atoms. The molecule has 3 atom stereocenters. The minimum absolute atomic E-state index is 0.508. The Bertz CT molecular complexity index is 463. The first-order valence-corrected chi connectivity index (χ1v) is 6.81. The lowest BCUT2D eigenvalue weighted by atomic mass is 9.76. The van der Waals surface area contributed by atoms with Gasteiger partial charge in [-0.25, -0.2) is 0 Å². The molecule has 92 valence electrons. The molecule has 0 spiro atoms. The van der Waals surface area contributed by atoms with Gasteiger partial charge in [-0.1, -0.05) is 12.1 Å². The molecular formula is C16H22O. The van der Waals surface area contributed by atoms with E-state index in [2.05, 4.69) is 32.9 Å². The van der Waals surface area contributed by atoms with Gasteiger partial charge in [-0.15, -0.1) is 0 Å². The van der Waals surface area contributed by atoms with E-state index in [4.69, 9.17) is 0 Å². The minimum Gasteiger partial charge on any atom is -0.385 e. The maximum atomic E-state index is 11.0. The SMILES string of the molecule is Cc1cc(C)c(C2(O)CC3CCC2C3)cc1C. The van der Waals surface area contributed by atoms with Gasteiger partial charge in [-0.2, -0.15) is 0 Å². The van der Waals surface area contributed by atoms with Crippen LogP contribution in [-0.2, 0) is 5.60 Å². The summed E-state index contributed by atoms with van der Waals surface area (Å²) in [5.41, 5.74) is 4.58. The quantitative estimate of drug-likeness (QED) is 0.781. The number of hydrogen-bond donors (Lipinski definition) is 1. The summed E-state index contributed by atoms with van der Waals surface area (Å²) in [6.45, 7) is 6.44. The first kappa shape index (κ1) is 11.3. The second-order valence-electron chi connectivity index (χ2n) is 6.26. The molecule has 2 aliphatic rings. The standard InChI is InChI=1S/C16H22O/c1-10-6-12(3)15(7-11(10)2)16(17)9-13-4-5-14(16)8-13/h6-7,13-14,17H,4-5,8-9H2,1-3H3. The Morgan fingerprint density at radius 1 is 1.06 bits per heavy atom. The van der Waals surface area contributed by atoms with Crippen LogP contribution in [0.1, 0.15) is 47.9 Å². The number of hydrogen-bond acceptors (Lipinski definition) is 1. The van der Waals surface area contributed by atoms with Gasteiger partial charge in [0.05, 0.1) is 5.60 Å². The molecule has 0 aliphatic heterocycles. The predicted molar refractivity (Wildman–Crippen MR) is 70.0 cm³/mol. The van der Waals surface area contributed by atoms with E-state index in [0.717, 1.165) is 12.3 Å². The van der Waals surface area contributed by atoms with Crippen molar-refractivity contribution in [1.29, 1.82) is 0 Å². The molecule has 0 amide bonds. The second-order valence-corrected chi connectivity index (χ2v) is 6.26. The third-order valence-corrected chi connectivity index (χ3v) is 5.12. The molecule has 2 aliphatic carbocycles. The summed E-state index contributed by atoms with van der Waals surface area (Å²) in [6, 6.07) is 4.46. The third-order valence-electron chi connectivity index (χ3n) is 5.12. The highest BCUT2D eigenvalue weighted by Gasteiger charge is 2.51. The number of aryl methyl sites for hydroxylation is 3. The van der Waals surface area contributed by atoms with Crippen LogP contribution in [0.25, 0.3) is 0 Å². The summed E-state index contributed by atoms with van der Waals surface area (Å²) in [6.07, 6.45) is 4.77. The second kappa shape index (κ2) is 3.58. The lowest BCUT2D eigenvalue weighted by molar-refractivity contribution is -0.0188. The summed E-state index contributed by atoms with van der Waals surface area (Å²) in [5, 5.41) is 11.0. The van der Waals surface area contributed by atoms with Gasteiger partial charge in [0, 0.05) is 0 Å². The van der Waals surface area contributed by atoms with E-state index >= 15 is 0 Å². The fraction of sp³-hybridized carbons (Fsp3) is 0.625. The van der Waals surface area contributed by atoms with E-state index in [1.54, 1.807) is 0 Å². The topological polar surface area (TPSA) is 20.2 Å². The Morgan fingerprint density at radius 2 is 1.76 bits per heavy atom. The third kappa shape index (κ3) is 1.55. The highest BCUT2D eigenvalue weighted by Crippen LogP contribution is 2.56. The van der Waals surface area contributed by atoms with E-state index in [1.807, 2.05) is 0 Å². The molecule has 3 rings (SSSR count). The first-order valence-electron chi connectivity index (χ1n) is 6.81. The van der Waals surface area contributed by atoms with Crippen molar-refractivity contribution >= 4 is 0 Å². The molecule has 0 aromatic heterocycles. The molecule has 1 aromatic rings. The Kier molecular flexibility index (Phi) is 2.38. The van der Waals surface area contributed by atoms with Crippen molar-refractivity contribution in [3.63, 3.8) is 0 Å². The normalized spacial score (nSPS) is 35.5. The Labute approximate surface area is 104 Å². The fourth-order valence-corrected chi connectivity index (χ4v) is 4.06. The van der Waals surface area contributed by atoms with Crippen LogP contribution in [0.2, 0.25) is 0 Å². The van der Waals surface area contributed by atoms with E-state index < -0.39 is 5.60 Å². The van der Waals surface area contributed by atoms with Crippen LogP contribution in [0, 0.1) is 32.6 Å². The molecule has 1 aromatic carbocycles. The van der Waals surface area contributed by atoms with Gasteiger partial charge in [-0.3, -0.25) is 0 Å². The van der Waals surface area contributed by atoms with Gasteiger partial charge >= 0.3 is 0 Å².